The zero-order valence-corrected chi connectivity index (χ0v) is 17.4. The van der Waals surface area contributed by atoms with Gasteiger partial charge < -0.3 is 5.32 Å². The van der Waals surface area contributed by atoms with Gasteiger partial charge in [-0.3, -0.25) is 4.79 Å². The highest BCUT2D eigenvalue weighted by atomic mass is 35.5. The quantitative estimate of drug-likeness (QED) is 0.422. The number of carbonyl (C=O) groups is 1. The number of carbonyl (C=O) groups excluding carboxylic acids is 1. The summed E-state index contributed by atoms with van der Waals surface area (Å²) in [6.07, 6.45) is -8.61. The van der Waals surface area contributed by atoms with Gasteiger partial charge in [-0.25, -0.2) is 4.39 Å². The van der Waals surface area contributed by atoms with Gasteiger partial charge >= 0.3 is 12.4 Å². The summed E-state index contributed by atoms with van der Waals surface area (Å²) in [7, 11) is 0. The zero-order chi connectivity index (χ0) is 23.8. The van der Waals surface area contributed by atoms with Crippen LogP contribution in [0.1, 0.15) is 45.8 Å². The molecule has 0 radical (unpaired) electrons. The first-order chi connectivity index (χ1) is 14.8. The van der Waals surface area contributed by atoms with Crippen LogP contribution in [-0.2, 0) is 6.18 Å². The first-order valence-electron chi connectivity index (χ1n) is 9.18. The van der Waals surface area contributed by atoms with Gasteiger partial charge in [-0.1, -0.05) is 29.3 Å². The molecular formula is C21H14Cl2F7NO. The molecule has 1 saturated carbocycles. The summed E-state index contributed by atoms with van der Waals surface area (Å²) in [5.41, 5.74) is -3.44. The molecule has 1 aliphatic rings. The average Bonchev–Trinajstić information content (AvgIpc) is 3.46. The number of hydrogen-bond donors (Lipinski definition) is 1. The van der Waals surface area contributed by atoms with Gasteiger partial charge in [0.1, 0.15) is 11.7 Å². The van der Waals surface area contributed by atoms with Gasteiger partial charge in [0, 0.05) is 21.7 Å². The minimum Gasteiger partial charge on any atom is -0.349 e. The van der Waals surface area contributed by atoms with Crippen LogP contribution in [-0.4, -0.2) is 18.1 Å². The van der Waals surface area contributed by atoms with Crippen LogP contribution in [0.3, 0.4) is 0 Å². The number of hydrogen-bond acceptors (Lipinski definition) is 1. The molecule has 1 aliphatic carbocycles. The van der Waals surface area contributed by atoms with E-state index in [0.717, 1.165) is 24.3 Å². The molecule has 172 valence electrons. The minimum atomic E-state index is -5.03. The van der Waals surface area contributed by atoms with E-state index in [2.05, 4.69) is 5.32 Å². The second kappa shape index (κ2) is 8.94. The van der Waals surface area contributed by atoms with Crippen molar-refractivity contribution in [2.24, 2.45) is 0 Å². The highest BCUT2D eigenvalue weighted by molar-refractivity contribution is 6.34. The second-order valence-electron chi connectivity index (χ2n) is 7.24. The van der Waals surface area contributed by atoms with Gasteiger partial charge in [0.25, 0.3) is 5.91 Å². The van der Waals surface area contributed by atoms with E-state index in [9.17, 15) is 35.5 Å². The van der Waals surface area contributed by atoms with Crippen LogP contribution >= 0.6 is 23.2 Å². The van der Waals surface area contributed by atoms with Gasteiger partial charge in [-0.05, 0) is 54.8 Å². The van der Waals surface area contributed by atoms with E-state index >= 15 is 0 Å². The van der Waals surface area contributed by atoms with Crippen molar-refractivity contribution in [3.05, 3.63) is 74.8 Å². The summed E-state index contributed by atoms with van der Waals surface area (Å²) < 4.78 is 95.9. The summed E-state index contributed by atoms with van der Waals surface area (Å²) in [5.74, 6) is -5.06. The summed E-state index contributed by atoms with van der Waals surface area (Å²) >= 11 is 11.5. The Morgan fingerprint density at radius 2 is 1.59 bits per heavy atom. The Morgan fingerprint density at radius 3 is 2.09 bits per heavy atom. The molecular weight excluding hydrogens is 486 g/mol. The molecule has 2 nitrogen and oxygen atoms in total. The number of alkyl halides is 6. The second-order valence-corrected chi connectivity index (χ2v) is 8.12. The molecule has 2 aromatic rings. The molecule has 1 fully saturated rings. The Balaban J connectivity index is 2.03. The molecule has 1 N–H and O–H groups in total. The summed E-state index contributed by atoms with van der Waals surface area (Å²) in [6, 6.07) is 4.69. The van der Waals surface area contributed by atoms with Crippen molar-refractivity contribution in [3.63, 3.8) is 0 Å². The maximum atomic E-state index is 14.8. The number of halogens is 9. The third-order valence-electron chi connectivity index (χ3n) is 4.67. The highest BCUT2D eigenvalue weighted by Gasteiger charge is 2.41. The van der Waals surface area contributed by atoms with Gasteiger partial charge in [0.05, 0.1) is 11.1 Å². The molecule has 11 heteroatoms. The Kier molecular flexibility index (Phi) is 6.81. The van der Waals surface area contributed by atoms with Crippen LogP contribution in [0.15, 0.2) is 42.5 Å². The van der Waals surface area contributed by atoms with E-state index in [-0.39, 0.29) is 22.2 Å². The van der Waals surface area contributed by atoms with Crippen LogP contribution < -0.4 is 5.32 Å². The predicted octanol–water partition coefficient (Wildman–Crippen LogP) is 7.56. The zero-order valence-electron chi connectivity index (χ0n) is 15.9. The summed E-state index contributed by atoms with van der Waals surface area (Å²) in [5, 5.41) is 2.15. The van der Waals surface area contributed by atoms with Crippen LogP contribution in [0.25, 0.3) is 5.83 Å². The molecule has 0 heterocycles. The lowest BCUT2D eigenvalue weighted by atomic mass is 9.95. The van der Waals surface area contributed by atoms with Crippen LogP contribution in [0.4, 0.5) is 30.7 Å². The monoisotopic (exact) mass is 499 g/mol. The number of nitrogens with one attached hydrogen (secondary N) is 1. The molecule has 3 rings (SSSR count). The van der Waals surface area contributed by atoms with Crippen molar-refractivity contribution in [1.29, 1.82) is 0 Å². The lowest BCUT2D eigenvalue weighted by Crippen LogP contribution is -2.28. The fourth-order valence-corrected chi connectivity index (χ4v) is 3.54. The maximum Gasteiger partial charge on any atom is 0.417 e. The fraction of sp³-hybridized carbons (Fsp3) is 0.286. The molecule has 1 amide bonds. The third-order valence-corrected chi connectivity index (χ3v) is 5.10. The summed E-state index contributed by atoms with van der Waals surface area (Å²) in [6.45, 7) is 0. The van der Waals surface area contributed by atoms with E-state index < -0.39 is 52.3 Å². The van der Waals surface area contributed by atoms with Gasteiger partial charge in [-0.15, -0.1) is 0 Å². The van der Waals surface area contributed by atoms with E-state index in [1.807, 2.05) is 0 Å². The molecule has 1 atom stereocenters. The minimum absolute atomic E-state index is 0.124. The number of benzene rings is 2. The van der Waals surface area contributed by atoms with Crippen molar-refractivity contribution in [2.45, 2.75) is 37.2 Å². The van der Waals surface area contributed by atoms with Crippen molar-refractivity contribution >= 4 is 34.9 Å². The first-order valence-corrected chi connectivity index (χ1v) is 9.94. The Hall–Kier alpha value is -2.26. The first kappa shape index (κ1) is 24.4. The molecule has 0 spiro atoms. The van der Waals surface area contributed by atoms with E-state index in [4.69, 9.17) is 23.2 Å². The van der Waals surface area contributed by atoms with Gasteiger partial charge in [0.15, 0.2) is 0 Å². The largest absolute Gasteiger partial charge is 0.417 e. The van der Waals surface area contributed by atoms with Gasteiger partial charge in [-0.2, -0.15) is 26.3 Å². The van der Waals surface area contributed by atoms with Crippen LogP contribution in [0.2, 0.25) is 10.0 Å². The Morgan fingerprint density at radius 1 is 1.00 bits per heavy atom. The Bertz CT molecular complexity index is 1040. The SMILES string of the molecule is O=C(NC1CC1)c1ccc(/C(F)=C/C(c2cc(Cl)cc(Cl)c2)C(F)(F)F)cc1C(F)(F)F. The van der Waals surface area contributed by atoms with Crippen LogP contribution in [0.5, 0.6) is 0 Å². The maximum absolute atomic E-state index is 14.8. The van der Waals surface area contributed by atoms with Gasteiger partial charge in [0.2, 0.25) is 0 Å². The van der Waals surface area contributed by atoms with Crippen LogP contribution in [0, 0.1) is 0 Å². The Labute approximate surface area is 188 Å². The molecule has 2 aromatic carbocycles. The molecule has 1 unspecified atom stereocenters. The van der Waals surface area contributed by atoms with Crippen molar-refractivity contribution in [3.8, 4) is 0 Å². The molecule has 0 bridgehead atoms. The molecule has 32 heavy (non-hydrogen) atoms. The number of rotatable bonds is 5. The summed E-state index contributed by atoms with van der Waals surface area (Å²) in [4.78, 5) is 12.1. The topological polar surface area (TPSA) is 29.1 Å². The van der Waals surface area contributed by atoms with Crippen molar-refractivity contribution in [2.75, 3.05) is 0 Å². The fourth-order valence-electron chi connectivity index (χ4n) is 2.99. The van der Waals surface area contributed by atoms with E-state index in [1.165, 1.54) is 6.07 Å². The normalized spacial score (nSPS) is 16.1. The lowest BCUT2D eigenvalue weighted by molar-refractivity contribution is -0.140. The number of allylic oxidation sites excluding steroid dienone is 1. The highest BCUT2D eigenvalue weighted by Crippen LogP contribution is 2.41. The van der Waals surface area contributed by atoms with Crippen molar-refractivity contribution in [1.82, 2.24) is 5.32 Å². The lowest BCUT2D eigenvalue weighted by Gasteiger charge is -2.19. The smallest absolute Gasteiger partial charge is 0.349 e. The van der Waals surface area contributed by atoms with E-state index in [0.29, 0.717) is 18.9 Å². The predicted molar refractivity (Wildman–Crippen MR) is 106 cm³/mol. The van der Waals surface area contributed by atoms with Crippen molar-refractivity contribution < 1.29 is 35.5 Å². The molecule has 0 aliphatic heterocycles. The molecule has 0 aromatic heterocycles. The molecule has 0 saturated heterocycles. The third kappa shape index (κ3) is 5.95. The standard InChI is InChI=1S/C21H14Cl2F7NO/c22-12-5-11(6-13(23)8-12)16(20(25,26)27)9-18(24)10-1-4-15(17(7-10)21(28,29)30)19(32)31-14-2-3-14/h1,4-9,14,16H,2-3H2,(H,31,32)/b18-9-. The van der Waals surface area contributed by atoms with E-state index in [1.54, 1.807) is 0 Å². The average molecular weight is 500 g/mol. The number of amides is 1.